The van der Waals surface area contributed by atoms with Crippen LogP contribution in [-0.2, 0) is 6.54 Å². The Morgan fingerprint density at radius 2 is 2.18 bits per heavy atom. The molecule has 1 aromatic rings. The summed E-state index contributed by atoms with van der Waals surface area (Å²) >= 11 is 1.74. The van der Waals surface area contributed by atoms with E-state index >= 15 is 0 Å². The highest BCUT2D eigenvalue weighted by atomic mass is 32.1. The van der Waals surface area contributed by atoms with Gasteiger partial charge in [0.15, 0.2) is 0 Å². The van der Waals surface area contributed by atoms with Gasteiger partial charge in [0.05, 0.1) is 5.51 Å². The summed E-state index contributed by atoms with van der Waals surface area (Å²) in [5, 5.41) is 3.65. The maximum absolute atomic E-state index is 4.12. The minimum Gasteiger partial charge on any atom is -0.311 e. The molecular weight excluding hydrogens is 228 g/mol. The molecule has 0 bridgehead atoms. The van der Waals surface area contributed by atoms with Gasteiger partial charge in [0, 0.05) is 24.2 Å². The Labute approximate surface area is 109 Å². The summed E-state index contributed by atoms with van der Waals surface area (Å²) in [5.41, 5.74) is 2.50. The lowest BCUT2D eigenvalue weighted by Crippen LogP contribution is -2.32. The van der Waals surface area contributed by atoms with Crippen LogP contribution in [-0.4, -0.2) is 11.5 Å². The van der Waals surface area contributed by atoms with Crippen molar-refractivity contribution in [3.05, 3.63) is 16.6 Å². The molecule has 2 rings (SSSR count). The van der Waals surface area contributed by atoms with E-state index in [4.69, 9.17) is 0 Å². The van der Waals surface area contributed by atoms with Gasteiger partial charge in [-0.2, -0.15) is 0 Å². The van der Waals surface area contributed by atoms with E-state index in [9.17, 15) is 0 Å². The maximum Gasteiger partial charge on any atom is 0.0794 e. The second kappa shape index (κ2) is 5.96. The molecule has 17 heavy (non-hydrogen) atoms. The lowest BCUT2D eigenvalue weighted by atomic mass is 9.78. The first-order valence-electron chi connectivity index (χ1n) is 6.78. The zero-order valence-electron chi connectivity index (χ0n) is 11.0. The number of nitrogens with one attached hydrogen (secondary N) is 1. The summed E-state index contributed by atoms with van der Waals surface area (Å²) in [6.07, 6.45) is 9.04. The number of hydrogen-bond donors (Lipinski definition) is 1. The molecular formula is C14H24N2S. The third-order valence-corrected chi connectivity index (χ3v) is 4.57. The molecule has 0 unspecified atom stereocenters. The highest BCUT2D eigenvalue weighted by molar-refractivity contribution is 7.09. The average Bonchev–Trinajstić information content (AvgIpc) is 2.89. The third kappa shape index (κ3) is 3.78. The van der Waals surface area contributed by atoms with Gasteiger partial charge < -0.3 is 5.32 Å². The van der Waals surface area contributed by atoms with Crippen LogP contribution in [0.5, 0.6) is 0 Å². The van der Waals surface area contributed by atoms with Gasteiger partial charge in [0.1, 0.15) is 0 Å². The van der Waals surface area contributed by atoms with E-state index in [2.05, 4.69) is 24.1 Å². The van der Waals surface area contributed by atoms with E-state index in [-0.39, 0.29) is 0 Å². The first-order valence-corrected chi connectivity index (χ1v) is 7.66. The highest BCUT2D eigenvalue weighted by Crippen LogP contribution is 2.42. The minimum absolute atomic E-state index is 0.582. The van der Waals surface area contributed by atoms with Gasteiger partial charge in [-0.3, -0.25) is 4.98 Å². The van der Waals surface area contributed by atoms with Gasteiger partial charge in [-0.25, -0.2) is 0 Å². The van der Waals surface area contributed by atoms with Crippen LogP contribution < -0.4 is 5.32 Å². The van der Waals surface area contributed by atoms with Gasteiger partial charge in [-0.1, -0.05) is 26.7 Å². The van der Waals surface area contributed by atoms with Crippen LogP contribution in [0.25, 0.3) is 0 Å². The van der Waals surface area contributed by atoms with Crippen molar-refractivity contribution in [3.63, 3.8) is 0 Å². The Morgan fingerprint density at radius 3 is 2.76 bits per heavy atom. The molecule has 1 aliphatic rings. The molecule has 1 N–H and O–H groups in total. The van der Waals surface area contributed by atoms with E-state index in [0.29, 0.717) is 5.41 Å². The predicted octanol–water partition coefficient (Wildman–Crippen LogP) is 3.84. The Hall–Kier alpha value is -0.410. The minimum atomic E-state index is 0.582. The van der Waals surface area contributed by atoms with Crippen molar-refractivity contribution >= 4 is 11.3 Å². The van der Waals surface area contributed by atoms with Crippen LogP contribution >= 0.6 is 11.3 Å². The topological polar surface area (TPSA) is 24.9 Å². The molecule has 1 heterocycles. The van der Waals surface area contributed by atoms with Crippen molar-refractivity contribution in [3.8, 4) is 0 Å². The molecule has 0 aliphatic heterocycles. The molecule has 0 atom stereocenters. The summed E-state index contributed by atoms with van der Waals surface area (Å²) in [6.45, 7) is 6.88. The molecule has 2 nitrogen and oxygen atoms in total. The zero-order chi connectivity index (χ0) is 12.1. The lowest BCUT2D eigenvalue weighted by Gasteiger charge is -2.31. The fourth-order valence-electron chi connectivity index (χ4n) is 3.22. The fraction of sp³-hybridized carbons (Fsp3) is 0.786. The van der Waals surface area contributed by atoms with Crippen LogP contribution in [0.1, 0.15) is 50.8 Å². The summed E-state index contributed by atoms with van der Waals surface area (Å²) in [7, 11) is 0. The van der Waals surface area contributed by atoms with Gasteiger partial charge >= 0.3 is 0 Å². The normalized spacial score (nSPS) is 19.0. The molecule has 1 saturated carbocycles. The Kier molecular flexibility index (Phi) is 4.57. The number of thiazole rings is 1. The van der Waals surface area contributed by atoms with Crippen LogP contribution in [0.2, 0.25) is 0 Å². The molecule has 1 fully saturated rings. The van der Waals surface area contributed by atoms with Crippen molar-refractivity contribution in [2.45, 2.75) is 52.5 Å². The Bertz CT molecular complexity index is 313. The summed E-state index contributed by atoms with van der Waals surface area (Å²) in [6, 6.07) is 0. The third-order valence-electron chi connectivity index (χ3n) is 3.79. The first kappa shape index (κ1) is 13.0. The van der Waals surface area contributed by atoms with Crippen LogP contribution in [0.15, 0.2) is 11.7 Å². The summed E-state index contributed by atoms with van der Waals surface area (Å²) in [5.74, 6) is 0.818. The molecule has 0 spiro atoms. The summed E-state index contributed by atoms with van der Waals surface area (Å²) < 4.78 is 0. The largest absolute Gasteiger partial charge is 0.311 e. The van der Waals surface area contributed by atoms with Crippen LogP contribution in [0, 0.1) is 11.3 Å². The molecule has 1 aliphatic carbocycles. The predicted molar refractivity (Wildman–Crippen MR) is 74.2 cm³/mol. The SMILES string of the molecule is CC(C)CC1(CNCc2cncs2)CCCC1. The second-order valence-electron chi connectivity index (χ2n) is 5.88. The quantitative estimate of drug-likeness (QED) is 0.832. The smallest absolute Gasteiger partial charge is 0.0794 e. The monoisotopic (exact) mass is 252 g/mol. The second-order valence-corrected chi connectivity index (χ2v) is 6.85. The van der Waals surface area contributed by atoms with Crippen molar-refractivity contribution in [2.24, 2.45) is 11.3 Å². The highest BCUT2D eigenvalue weighted by Gasteiger charge is 2.33. The van der Waals surface area contributed by atoms with E-state index in [1.807, 2.05) is 11.7 Å². The Morgan fingerprint density at radius 1 is 1.41 bits per heavy atom. The molecule has 0 aromatic carbocycles. The van der Waals surface area contributed by atoms with Crippen molar-refractivity contribution < 1.29 is 0 Å². The number of rotatable bonds is 6. The maximum atomic E-state index is 4.12. The van der Waals surface area contributed by atoms with Crippen molar-refractivity contribution in [1.29, 1.82) is 0 Å². The van der Waals surface area contributed by atoms with E-state index in [1.54, 1.807) is 11.3 Å². The van der Waals surface area contributed by atoms with Gasteiger partial charge in [0.25, 0.3) is 0 Å². The fourth-order valence-corrected chi connectivity index (χ4v) is 3.79. The number of aromatic nitrogens is 1. The summed E-state index contributed by atoms with van der Waals surface area (Å²) in [4.78, 5) is 5.47. The van der Waals surface area contributed by atoms with Gasteiger partial charge in [0.2, 0.25) is 0 Å². The van der Waals surface area contributed by atoms with E-state index in [1.165, 1.54) is 43.5 Å². The average molecular weight is 252 g/mol. The standard InChI is InChI=1S/C14H24N2S/c1-12(2)7-14(5-3-4-6-14)10-15-8-13-9-16-11-17-13/h9,11-12,15H,3-8,10H2,1-2H3. The number of nitrogens with zero attached hydrogens (tertiary/aromatic N) is 1. The van der Waals surface area contributed by atoms with Crippen LogP contribution in [0.3, 0.4) is 0 Å². The molecule has 0 radical (unpaired) electrons. The molecule has 0 saturated heterocycles. The van der Waals surface area contributed by atoms with E-state index in [0.717, 1.165) is 12.5 Å². The molecule has 3 heteroatoms. The number of hydrogen-bond acceptors (Lipinski definition) is 3. The van der Waals surface area contributed by atoms with Crippen LogP contribution in [0.4, 0.5) is 0 Å². The molecule has 1 aromatic heterocycles. The molecule has 96 valence electrons. The van der Waals surface area contributed by atoms with Gasteiger partial charge in [-0.05, 0) is 30.6 Å². The zero-order valence-corrected chi connectivity index (χ0v) is 11.9. The molecule has 0 amide bonds. The first-order chi connectivity index (χ1) is 8.20. The van der Waals surface area contributed by atoms with Crippen molar-refractivity contribution in [1.82, 2.24) is 10.3 Å². The van der Waals surface area contributed by atoms with E-state index < -0.39 is 0 Å². The lowest BCUT2D eigenvalue weighted by molar-refractivity contribution is 0.224. The van der Waals surface area contributed by atoms with Gasteiger partial charge in [-0.15, -0.1) is 11.3 Å². The van der Waals surface area contributed by atoms with Crippen molar-refractivity contribution in [2.75, 3.05) is 6.54 Å². The Balaban J connectivity index is 1.81.